The molecule has 2 N–H and O–H groups in total. The molecule has 0 aromatic heterocycles. The molecule has 2 unspecified atom stereocenters. The van der Waals surface area contributed by atoms with E-state index < -0.39 is 0 Å². The number of nitrogens with zero attached hydrogens (tertiary/aromatic N) is 1. The molecule has 2 atom stereocenters. The Hall–Kier alpha value is -0.640. The lowest BCUT2D eigenvalue weighted by molar-refractivity contribution is 0.303. The molecule has 1 heterocycles. The van der Waals surface area contributed by atoms with Crippen molar-refractivity contribution in [3.63, 3.8) is 0 Å². The maximum Gasteiger partial charge on any atom is 0.125 e. The molecule has 1 aromatic carbocycles. The minimum absolute atomic E-state index is 0.0628. The Kier molecular flexibility index (Phi) is 2.96. The van der Waals surface area contributed by atoms with Crippen LogP contribution in [0, 0.1) is 5.82 Å². The fourth-order valence-corrected chi connectivity index (χ4v) is 2.45. The number of likely N-dealkylation sites (tertiary alicyclic amines) is 1. The highest BCUT2D eigenvalue weighted by atomic mass is 35.5. The van der Waals surface area contributed by atoms with Gasteiger partial charge < -0.3 is 5.73 Å². The van der Waals surface area contributed by atoms with E-state index >= 15 is 0 Å². The highest BCUT2D eigenvalue weighted by molar-refractivity contribution is 6.30. The molecule has 0 spiro atoms. The zero-order valence-corrected chi connectivity index (χ0v) is 9.34. The van der Waals surface area contributed by atoms with Crippen molar-refractivity contribution in [3.8, 4) is 0 Å². The predicted molar refractivity (Wildman–Crippen MR) is 59.4 cm³/mol. The van der Waals surface area contributed by atoms with Crippen LogP contribution in [-0.2, 0) is 0 Å². The van der Waals surface area contributed by atoms with Crippen LogP contribution in [0.3, 0.4) is 0 Å². The molecule has 1 aromatic rings. The lowest BCUT2D eigenvalue weighted by atomic mass is 10.0. The van der Waals surface area contributed by atoms with Crippen LogP contribution in [0.1, 0.15) is 18.0 Å². The second kappa shape index (κ2) is 4.08. The molecule has 2 nitrogen and oxygen atoms in total. The SMILES string of the molecule is CN1CCC(N)C1c1cc(F)cc(Cl)c1. The smallest absolute Gasteiger partial charge is 0.125 e. The molecular formula is C11H14ClFN2. The Morgan fingerprint density at radius 3 is 2.73 bits per heavy atom. The number of likely N-dealkylation sites (N-methyl/N-ethyl adjacent to an activating group) is 1. The zero-order valence-electron chi connectivity index (χ0n) is 8.58. The first-order chi connectivity index (χ1) is 7.08. The average molecular weight is 229 g/mol. The summed E-state index contributed by atoms with van der Waals surface area (Å²) in [4.78, 5) is 2.13. The predicted octanol–water partition coefficient (Wildman–Crippen LogP) is 2.18. The Morgan fingerprint density at radius 2 is 2.20 bits per heavy atom. The highest BCUT2D eigenvalue weighted by Crippen LogP contribution is 2.31. The molecule has 0 saturated carbocycles. The van der Waals surface area contributed by atoms with Gasteiger partial charge in [0.2, 0.25) is 0 Å². The summed E-state index contributed by atoms with van der Waals surface area (Å²) in [7, 11) is 2.00. The molecule has 0 aliphatic carbocycles. The Bertz CT molecular complexity index is 339. The number of nitrogens with two attached hydrogens (primary N) is 1. The van der Waals surface area contributed by atoms with Gasteiger partial charge in [0.15, 0.2) is 0 Å². The molecule has 82 valence electrons. The fourth-order valence-electron chi connectivity index (χ4n) is 2.22. The zero-order chi connectivity index (χ0) is 11.0. The molecule has 1 fully saturated rings. The minimum atomic E-state index is -0.301. The van der Waals surface area contributed by atoms with Crippen molar-refractivity contribution in [3.05, 3.63) is 34.6 Å². The van der Waals surface area contributed by atoms with Gasteiger partial charge in [-0.3, -0.25) is 4.90 Å². The van der Waals surface area contributed by atoms with Crippen LogP contribution in [0.2, 0.25) is 5.02 Å². The van der Waals surface area contributed by atoms with Crippen molar-refractivity contribution < 1.29 is 4.39 Å². The van der Waals surface area contributed by atoms with Crippen molar-refractivity contribution >= 4 is 11.6 Å². The molecule has 1 aliphatic heterocycles. The van der Waals surface area contributed by atoms with Gasteiger partial charge in [0.05, 0.1) is 0 Å². The van der Waals surface area contributed by atoms with E-state index in [4.69, 9.17) is 17.3 Å². The normalized spacial score (nSPS) is 27.2. The Balaban J connectivity index is 2.35. The third-order valence-electron chi connectivity index (χ3n) is 2.92. The number of hydrogen-bond donors (Lipinski definition) is 1. The number of hydrogen-bond acceptors (Lipinski definition) is 2. The number of halogens is 2. The molecule has 0 radical (unpaired) electrons. The summed E-state index contributed by atoms with van der Waals surface area (Å²) < 4.78 is 13.2. The van der Waals surface area contributed by atoms with Crippen LogP contribution in [0.25, 0.3) is 0 Å². The summed E-state index contributed by atoms with van der Waals surface area (Å²) in [5, 5.41) is 0.428. The number of rotatable bonds is 1. The first-order valence-electron chi connectivity index (χ1n) is 5.00. The summed E-state index contributed by atoms with van der Waals surface area (Å²) in [5.41, 5.74) is 6.86. The molecule has 1 saturated heterocycles. The van der Waals surface area contributed by atoms with Crippen LogP contribution in [-0.4, -0.2) is 24.5 Å². The molecule has 0 amide bonds. The Labute approximate surface area is 93.8 Å². The second-order valence-electron chi connectivity index (χ2n) is 4.08. The molecule has 4 heteroatoms. The van der Waals surface area contributed by atoms with Crippen LogP contribution in [0.15, 0.2) is 18.2 Å². The van der Waals surface area contributed by atoms with E-state index in [0.717, 1.165) is 18.5 Å². The van der Waals surface area contributed by atoms with Crippen molar-refractivity contribution in [1.29, 1.82) is 0 Å². The maximum atomic E-state index is 13.2. The highest BCUT2D eigenvalue weighted by Gasteiger charge is 2.30. The second-order valence-corrected chi connectivity index (χ2v) is 4.52. The van der Waals surface area contributed by atoms with Gasteiger partial charge in [-0.05, 0) is 37.2 Å². The molecule has 1 aliphatic rings. The van der Waals surface area contributed by atoms with E-state index in [1.165, 1.54) is 12.1 Å². The van der Waals surface area contributed by atoms with E-state index in [-0.39, 0.29) is 17.9 Å². The van der Waals surface area contributed by atoms with Gasteiger partial charge in [0.25, 0.3) is 0 Å². The molecular weight excluding hydrogens is 215 g/mol. The van der Waals surface area contributed by atoms with Gasteiger partial charge in [0, 0.05) is 23.7 Å². The van der Waals surface area contributed by atoms with E-state index in [0.29, 0.717) is 5.02 Å². The Morgan fingerprint density at radius 1 is 1.47 bits per heavy atom. The van der Waals surface area contributed by atoms with Gasteiger partial charge >= 0.3 is 0 Å². The van der Waals surface area contributed by atoms with Crippen molar-refractivity contribution in [2.45, 2.75) is 18.5 Å². The lowest BCUT2D eigenvalue weighted by Gasteiger charge is -2.23. The number of benzene rings is 1. The standard InChI is InChI=1S/C11H14ClFN2/c1-15-3-2-10(14)11(15)7-4-8(12)6-9(13)5-7/h4-6,10-11H,2-3,14H2,1H3. The maximum absolute atomic E-state index is 13.2. The first kappa shape index (κ1) is 10.9. The lowest BCUT2D eigenvalue weighted by Crippen LogP contribution is -2.29. The summed E-state index contributed by atoms with van der Waals surface area (Å²) in [6.07, 6.45) is 0.940. The van der Waals surface area contributed by atoms with E-state index in [1.54, 1.807) is 6.07 Å². The van der Waals surface area contributed by atoms with Crippen LogP contribution < -0.4 is 5.73 Å². The van der Waals surface area contributed by atoms with Crippen molar-refractivity contribution in [2.24, 2.45) is 5.73 Å². The van der Waals surface area contributed by atoms with Gasteiger partial charge in [-0.1, -0.05) is 11.6 Å². The van der Waals surface area contributed by atoms with E-state index in [1.807, 2.05) is 7.05 Å². The van der Waals surface area contributed by atoms with Gasteiger partial charge in [-0.15, -0.1) is 0 Å². The van der Waals surface area contributed by atoms with Crippen molar-refractivity contribution in [1.82, 2.24) is 4.90 Å². The quantitative estimate of drug-likeness (QED) is 0.799. The van der Waals surface area contributed by atoms with Crippen LogP contribution in [0.4, 0.5) is 4.39 Å². The van der Waals surface area contributed by atoms with Gasteiger partial charge in [0.1, 0.15) is 5.82 Å². The molecule has 15 heavy (non-hydrogen) atoms. The van der Waals surface area contributed by atoms with Crippen molar-refractivity contribution in [2.75, 3.05) is 13.6 Å². The topological polar surface area (TPSA) is 29.3 Å². The average Bonchev–Trinajstić information content (AvgIpc) is 2.44. The summed E-state index contributed by atoms with van der Waals surface area (Å²) in [6.45, 7) is 0.944. The monoisotopic (exact) mass is 228 g/mol. The van der Waals surface area contributed by atoms with E-state index in [9.17, 15) is 4.39 Å². The molecule has 2 rings (SSSR count). The fraction of sp³-hybridized carbons (Fsp3) is 0.455. The van der Waals surface area contributed by atoms with Crippen LogP contribution in [0.5, 0.6) is 0 Å². The largest absolute Gasteiger partial charge is 0.326 e. The minimum Gasteiger partial charge on any atom is -0.326 e. The summed E-state index contributed by atoms with van der Waals surface area (Å²) in [6, 6.07) is 4.76. The van der Waals surface area contributed by atoms with E-state index in [2.05, 4.69) is 4.90 Å². The third-order valence-corrected chi connectivity index (χ3v) is 3.14. The van der Waals surface area contributed by atoms with Gasteiger partial charge in [-0.2, -0.15) is 0 Å². The summed E-state index contributed by atoms with van der Waals surface area (Å²) in [5.74, 6) is -0.301. The van der Waals surface area contributed by atoms with Gasteiger partial charge in [-0.25, -0.2) is 4.39 Å². The van der Waals surface area contributed by atoms with Crippen LogP contribution >= 0.6 is 11.6 Å². The third kappa shape index (κ3) is 2.14. The first-order valence-corrected chi connectivity index (χ1v) is 5.37. The summed E-state index contributed by atoms with van der Waals surface area (Å²) >= 11 is 5.82. The molecule has 0 bridgehead atoms.